The molecule has 0 saturated carbocycles. The molecule has 1 aliphatic rings. The highest BCUT2D eigenvalue weighted by atomic mass is 16.6. The average Bonchev–Trinajstić information content (AvgIpc) is 2.43. The van der Waals surface area contributed by atoms with Crippen molar-refractivity contribution in [1.29, 1.82) is 0 Å². The van der Waals surface area contributed by atoms with Gasteiger partial charge in [0.15, 0.2) is 0 Å². The molecule has 0 aromatic carbocycles. The van der Waals surface area contributed by atoms with Crippen molar-refractivity contribution in [1.82, 2.24) is 10.2 Å². The molecule has 130 valence electrons. The van der Waals surface area contributed by atoms with E-state index >= 15 is 0 Å². The fourth-order valence-electron chi connectivity index (χ4n) is 3.22. The van der Waals surface area contributed by atoms with Crippen molar-refractivity contribution < 1.29 is 9.53 Å². The van der Waals surface area contributed by atoms with Gasteiger partial charge in [-0.25, -0.2) is 4.79 Å². The SMILES string of the molecule is CCCC1CCCCN1C(CN)CCNC(=O)OC(C)(C)C. The summed E-state index contributed by atoms with van der Waals surface area (Å²) in [5, 5.41) is 2.85. The maximum atomic E-state index is 11.7. The third-order valence-electron chi connectivity index (χ3n) is 4.18. The van der Waals surface area contributed by atoms with Crippen LogP contribution in [-0.2, 0) is 4.74 Å². The lowest BCUT2D eigenvalue weighted by Crippen LogP contribution is -2.50. The number of ether oxygens (including phenoxy) is 1. The molecule has 2 unspecified atom stereocenters. The lowest BCUT2D eigenvalue weighted by Gasteiger charge is -2.41. The Morgan fingerprint density at radius 3 is 2.73 bits per heavy atom. The minimum absolute atomic E-state index is 0.341. The van der Waals surface area contributed by atoms with Gasteiger partial charge in [-0.2, -0.15) is 0 Å². The van der Waals surface area contributed by atoms with Crippen LogP contribution in [0.1, 0.15) is 66.2 Å². The molecular formula is C17H35N3O2. The maximum Gasteiger partial charge on any atom is 0.407 e. The van der Waals surface area contributed by atoms with Crippen molar-refractivity contribution in [3.63, 3.8) is 0 Å². The summed E-state index contributed by atoms with van der Waals surface area (Å²) in [6.07, 6.45) is 6.88. The quantitative estimate of drug-likeness (QED) is 0.758. The molecule has 1 saturated heterocycles. The molecule has 0 radical (unpaired) electrons. The van der Waals surface area contributed by atoms with Gasteiger partial charge in [0.1, 0.15) is 5.60 Å². The number of hydrogen-bond acceptors (Lipinski definition) is 4. The fraction of sp³-hybridized carbons (Fsp3) is 0.941. The normalized spacial score (nSPS) is 21.4. The van der Waals surface area contributed by atoms with Gasteiger partial charge in [0, 0.05) is 25.2 Å². The first-order valence-corrected chi connectivity index (χ1v) is 8.80. The number of alkyl carbamates (subject to hydrolysis) is 1. The smallest absolute Gasteiger partial charge is 0.407 e. The van der Waals surface area contributed by atoms with E-state index in [0.717, 1.165) is 13.0 Å². The second-order valence-corrected chi connectivity index (χ2v) is 7.28. The highest BCUT2D eigenvalue weighted by Crippen LogP contribution is 2.23. The molecule has 5 heteroatoms. The first kappa shape index (κ1) is 19.2. The first-order chi connectivity index (χ1) is 10.4. The molecule has 2 atom stereocenters. The average molecular weight is 313 g/mol. The molecule has 0 aromatic rings. The van der Waals surface area contributed by atoms with E-state index in [4.69, 9.17) is 10.5 Å². The Hall–Kier alpha value is -0.810. The van der Waals surface area contributed by atoms with E-state index in [9.17, 15) is 4.79 Å². The summed E-state index contributed by atoms with van der Waals surface area (Å²) < 4.78 is 5.26. The summed E-state index contributed by atoms with van der Waals surface area (Å²) in [7, 11) is 0. The van der Waals surface area contributed by atoms with Crippen molar-refractivity contribution in [2.45, 2.75) is 83.9 Å². The molecule has 3 N–H and O–H groups in total. The predicted octanol–water partition coefficient (Wildman–Crippen LogP) is 2.88. The molecule has 5 nitrogen and oxygen atoms in total. The van der Waals surface area contributed by atoms with Gasteiger partial charge in [0.05, 0.1) is 0 Å². The Balaban J connectivity index is 2.41. The second kappa shape index (κ2) is 9.36. The van der Waals surface area contributed by atoms with Gasteiger partial charge < -0.3 is 15.8 Å². The van der Waals surface area contributed by atoms with Crippen LogP contribution in [-0.4, -0.2) is 48.3 Å². The van der Waals surface area contributed by atoms with Crippen LogP contribution < -0.4 is 11.1 Å². The molecular weight excluding hydrogens is 278 g/mol. The molecule has 1 aliphatic heterocycles. The van der Waals surface area contributed by atoms with Crippen LogP contribution in [0.4, 0.5) is 4.79 Å². The molecule has 1 amide bonds. The van der Waals surface area contributed by atoms with Crippen LogP contribution in [0.3, 0.4) is 0 Å². The Morgan fingerprint density at radius 1 is 1.41 bits per heavy atom. The predicted molar refractivity (Wildman–Crippen MR) is 90.9 cm³/mol. The number of nitrogens with two attached hydrogens (primary N) is 1. The van der Waals surface area contributed by atoms with Crippen LogP contribution in [0.2, 0.25) is 0 Å². The summed E-state index contributed by atoms with van der Waals surface area (Å²) >= 11 is 0. The lowest BCUT2D eigenvalue weighted by atomic mass is 9.95. The van der Waals surface area contributed by atoms with Crippen LogP contribution >= 0.6 is 0 Å². The van der Waals surface area contributed by atoms with Gasteiger partial charge in [0.2, 0.25) is 0 Å². The molecule has 1 fully saturated rings. The number of carbonyl (C=O) groups is 1. The van der Waals surface area contributed by atoms with Crippen molar-refractivity contribution in [3.8, 4) is 0 Å². The summed E-state index contributed by atoms with van der Waals surface area (Å²) in [4.78, 5) is 14.3. The largest absolute Gasteiger partial charge is 0.444 e. The molecule has 0 spiro atoms. The zero-order chi connectivity index (χ0) is 16.6. The van der Waals surface area contributed by atoms with E-state index in [1.165, 1.54) is 32.1 Å². The zero-order valence-corrected chi connectivity index (χ0v) is 14.9. The minimum Gasteiger partial charge on any atom is -0.444 e. The van der Waals surface area contributed by atoms with E-state index in [-0.39, 0.29) is 6.09 Å². The highest BCUT2D eigenvalue weighted by Gasteiger charge is 2.27. The van der Waals surface area contributed by atoms with Crippen LogP contribution in [0.15, 0.2) is 0 Å². The second-order valence-electron chi connectivity index (χ2n) is 7.28. The Bertz CT molecular complexity index is 326. The summed E-state index contributed by atoms with van der Waals surface area (Å²) in [6, 6.07) is 1.01. The van der Waals surface area contributed by atoms with Gasteiger partial charge in [-0.1, -0.05) is 19.8 Å². The van der Waals surface area contributed by atoms with Gasteiger partial charge in [-0.05, 0) is 53.0 Å². The number of amides is 1. The first-order valence-electron chi connectivity index (χ1n) is 8.80. The van der Waals surface area contributed by atoms with Gasteiger partial charge >= 0.3 is 6.09 Å². The summed E-state index contributed by atoms with van der Waals surface area (Å²) in [5.74, 6) is 0. The van der Waals surface area contributed by atoms with Crippen molar-refractivity contribution in [3.05, 3.63) is 0 Å². The van der Waals surface area contributed by atoms with Gasteiger partial charge in [-0.15, -0.1) is 0 Å². The van der Waals surface area contributed by atoms with Crippen LogP contribution in [0, 0.1) is 0 Å². The Labute approximate surface area is 135 Å². The van der Waals surface area contributed by atoms with Crippen LogP contribution in [0.25, 0.3) is 0 Å². The molecule has 0 bridgehead atoms. The number of rotatable bonds is 7. The van der Waals surface area contributed by atoms with E-state index < -0.39 is 5.60 Å². The molecule has 0 aromatic heterocycles. The van der Waals surface area contributed by atoms with E-state index in [2.05, 4.69) is 17.1 Å². The topological polar surface area (TPSA) is 67.6 Å². The fourth-order valence-corrected chi connectivity index (χ4v) is 3.22. The Kier molecular flexibility index (Phi) is 8.18. The number of nitrogens with zero attached hydrogens (tertiary/aromatic N) is 1. The number of carbonyl (C=O) groups excluding carboxylic acids is 1. The number of likely N-dealkylation sites (tertiary alicyclic amines) is 1. The van der Waals surface area contributed by atoms with E-state index in [1.54, 1.807) is 0 Å². The Morgan fingerprint density at radius 2 is 2.14 bits per heavy atom. The highest BCUT2D eigenvalue weighted by molar-refractivity contribution is 5.67. The van der Waals surface area contributed by atoms with Crippen molar-refractivity contribution in [2.24, 2.45) is 5.73 Å². The third kappa shape index (κ3) is 6.97. The third-order valence-corrected chi connectivity index (χ3v) is 4.18. The summed E-state index contributed by atoms with van der Waals surface area (Å²) in [5.41, 5.74) is 5.55. The van der Waals surface area contributed by atoms with Gasteiger partial charge in [0.25, 0.3) is 0 Å². The van der Waals surface area contributed by atoms with E-state index in [0.29, 0.717) is 25.2 Å². The number of nitrogens with one attached hydrogen (secondary N) is 1. The molecule has 1 heterocycles. The monoisotopic (exact) mass is 313 g/mol. The van der Waals surface area contributed by atoms with Crippen molar-refractivity contribution >= 4 is 6.09 Å². The summed E-state index contributed by atoms with van der Waals surface area (Å²) in [6.45, 7) is 10.3. The van der Waals surface area contributed by atoms with E-state index in [1.807, 2.05) is 20.8 Å². The molecule has 22 heavy (non-hydrogen) atoms. The maximum absolute atomic E-state index is 11.7. The molecule has 0 aliphatic carbocycles. The lowest BCUT2D eigenvalue weighted by molar-refractivity contribution is 0.0509. The zero-order valence-electron chi connectivity index (χ0n) is 14.9. The number of hydrogen-bond donors (Lipinski definition) is 2. The van der Waals surface area contributed by atoms with Crippen molar-refractivity contribution in [2.75, 3.05) is 19.6 Å². The van der Waals surface area contributed by atoms with Crippen LogP contribution in [0.5, 0.6) is 0 Å². The minimum atomic E-state index is -0.448. The molecule has 1 rings (SSSR count). The van der Waals surface area contributed by atoms with Gasteiger partial charge in [-0.3, -0.25) is 4.90 Å². The number of piperidine rings is 1. The standard InChI is InChI=1S/C17H35N3O2/c1-5-8-14-9-6-7-12-20(14)15(13-18)10-11-19-16(21)22-17(2,3)4/h14-15H,5-13,18H2,1-4H3,(H,19,21).